The maximum atomic E-state index is 11.1. The summed E-state index contributed by atoms with van der Waals surface area (Å²) < 4.78 is 0. The van der Waals surface area contributed by atoms with E-state index in [1.54, 1.807) is 0 Å². The number of carbonyl (C=O) groups is 3. The summed E-state index contributed by atoms with van der Waals surface area (Å²) in [5.41, 5.74) is 0. The minimum absolute atomic E-state index is 0.139. The van der Waals surface area contributed by atoms with Crippen LogP contribution in [0.1, 0.15) is 52.9 Å². The van der Waals surface area contributed by atoms with Crippen LogP contribution in [0.2, 0.25) is 0 Å². The van der Waals surface area contributed by atoms with Gasteiger partial charge in [-0.2, -0.15) is 0 Å². The summed E-state index contributed by atoms with van der Waals surface area (Å²) in [6.07, 6.45) is 2.10. The van der Waals surface area contributed by atoms with Gasteiger partial charge in [-0.25, -0.2) is 4.79 Å². The Hall–Kier alpha value is -1.39. The lowest BCUT2D eigenvalue weighted by atomic mass is 10.3. The second-order valence-electron chi connectivity index (χ2n) is 3.15. The second-order valence-corrected chi connectivity index (χ2v) is 3.15. The quantitative estimate of drug-likeness (QED) is 0.690. The maximum absolute atomic E-state index is 11.1. The van der Waals surface area contributed by atoms with Gasteiger partial charge >= 0.3 is 5.97 Å². The SMILES string of the molecule is CC.CCCCC(=O)ON1C(=O)CCC1=O. The van der Waals surface area contributed by atoms with Gasteiger partial charge in [-0.1, -0.05) is 27.2 Å². The van der Waals surface area contributed by atoms with Crippen molar-refractivity contribution in [3.8, 4) is 0 Å². The molecule has 1 aliphatic rings. The summed E-state index contributed by atoms with van der Waals surface area (Å²) in [5.74, 6) is -1.38. The predicted octanol–water partition coefficient (Wildman–Crippen LogP) is 1.81. The van der Waals surface area contributed by atoms with Crippen molar-refractivity contribution in [1.29, 1.82) is 0 Å². The number of unbranched alkanes of at least 4 members (excludes halogenated alkanes) is 1. The smallest absolute Gasteiger partial charge is 0.330 e. The van der Waals surface area contributed by atoms with Gasteiger partial charge in [0.1, 0.15) is 0 Å². The molecule has 1 aliphatic heterocycles. The molecule has 0 radical (unpaired) electrons. The fraction of sp³-hybridized carbons (Fsp3) is 0.727. The molecule has 1 saturated heterocycles. The van der Waals surface area contributed by atoms with E-state index in [1.807, 2.05) is 20.8 Å². The van der Waals surface area contributed by atoms with Crippen LogP contribution in [0.4, 0.5) is 0 Å². The van der Waals surface area contributed by atoms with Crippen LogP contribution < -0.4 is 0 Å². The predicted molar refractivity (Wildman–Crippen MR) is 58.1 cm³/mol. The Morgan fingerprint density at radius 2 is 1.75 bits per heavy atom. The van der Waals surface area contributed by atoms with Crippen LogP contribution in [0.3, 0.4) is 0 Å². The first-order chi connectivity index (χ1) is 7.65. The normalized spacial score (nSPS) is 14.6. The van der Waals surface area contributed by atoms with Crippen molar-refractivity contribution >= 4 is 17.8 Å². The van der Waals surface area contributed by atoms with E-state index in [4.69, 9.17) is 0 Å². The highest BCUT2D eigenvalue weighted by atomic mass is 16.7. The van der Waals surface area contributed by atoms with Gasteiger partial charge in [0.15, 0.2) is 0 Å². The molecule has 0 aromatic heterocycles. The second kappa shape index (κ2) is 7.84. The van der Waals surface area contributed by atoms with Crippen LogP contribution in [0.15, 0.2) is 0 Å². The average molecular weight is 229 g/mol. The summed E-state index contributed by atoms with van der Waals surface area (Å²) in [6.45, 7) is 5.94. The third kappa shape index (κ3) is 4.42. The lowest BCUT2D eigenvalue weighted by molar-refractivity contribution is -0.197. The summed E-state index contributed by atoms with van der Waals surface area (Å²) in [5, 5.41) is 0.581. The summed E-state index contributed by atoms with van der Waals surface area (Å²) in [4.78, 5) is 37.8. The molecule has 0 spiro atoms. The number of rotatable bonds is 4. The Morgan fingerprint density at radius 3 is 2.19 bits per heavy atom. The van der Waals surface area contributed by atoms with Crippen molar-refractivity contribution in [2.75, 3.05) is 0 Å². The molecule has 0 bridgehead atoms. The first kappa shape index (κ1) is 14.6. The lowest BCUT2D eigenvalue weighted by Gasteiger charge is -2.11. The first-order valence-electron chi connectivity index (χ1n) is 5.71. The molecule has 0 unspecified atom stereocenters. The van der Waals surface area contributed by atoms with Crippen molar-refractivity contribution in [1.82, 2.24) is 5.06 Å². The Morgan fingerprint density at radius 1 is 1.25 bits per heavy atom. The largest absolute Gasteiger partial charge is 0.333 e. The lowest BCUT2D eigenvalue weighted by Crippen LogP contribution is -2.31. The van der Waals surface area contributed by atoms with Crippen LogP contribution >= 0.6 is 0 Å². The first-order valence-corrected chi connectivity index (χ1v) is 5.71. The van der Waals surface area contributed by atoms with Crippen LogP contribution in [0, 0.1) is 0 Å². The number of hydrogen-bond donors (Lipinski definition) is 0. The molecule has 0 aliphatic carbocycles. The number of hydroxylamine groups is 2. The molecule has 0 aromatic carbocycles. The third-order valence-corrected chi connectivity index (χ3v) is 1.93. The Balaban J connectivity index is 0.00000106. The molecule has 5 nitrogen and oxygen atoms in total. The van der Waals surface area contributed by atoms with Crippen molar-refractivity contribution in [2.24, 2.45) is 0 Å². The van der Waals surface area contributed by atoms with E-state index >= 15 is 0 Å². The van der Waals surface area contributed by atoms with Gasteiger partial charge in [0.05, 0.1) is 0 Å². The Bertz CT molecular complexity index is 247. The Kier molecular flexibility index (Phi) is 7.16. The molecule has 2 amide bonds. The molecule has 92 valence electrons. The molecule has 5 heteroatoms. The van der Waals surface area contributed by atoms with Gasteiger partial charge in [0.2, 0.25) is 0 Å². The summed E-state index contributed by atoms with van der Waals surface area (Å²) >= 11 is 0. The molecular formula is C11H19NO4. The van der Waals surface area contributed by atoms with Crippen molar-refractivity contribution in [2.45, 2.75) is 52.9 Å². The number of nitrogens with zero attached hydrogens (tertiary/aromatic N) is 1. The average Bonchev–Trinajstić information content (AvgIpc) is 2.61. The number of amides is 2. The molecular weight excluding hydrogens is 210 g/mol. The molecule has 0 aromatic rings. The molecule has 0 saturated carbocycles. The molecule has 1 fully saturated rings. The highest BCUT2D eigenvalue weighted by Crippen LogP contribution is 2.12. The topological polar surface area (TPSA) is 63.7 Å². The van der Waals surface area contributed by atoms with E-state index in [-0.39, 0.29) is 19.3 Å². The van der Waals surface area contributed by atoms with Crippen LogP contribution in [0.25, 0.3) is 0 Å². The number of imide groups is 1. The van der Waals surface area contributed by atoms with E-state index in [2.05, 4.69) is 4.84 Å². The molecule has 1 rings (SSSR count). The molecule has 16 heavy (non-hydrogen) atoms. The van der Waals surface area contributed by atoms with Gasteiger partial charge in [0.25, 0.3) is 11.8 Å². The Labute approximate surface area is 95.7 Å². The van der Waals surface area contributed by atoms with E-state index in [1.165, 1.54) is 0 Å². The van der Waals surface area contributed by atoms with E-state index in [0.29, 0.717) is 11.5 Å². The zero-order valence-electron chi connectivity index (χ0n) is 10.1. The zero-order valence-corrected chi connectivity index (χ0v) is 10.1. The number of carbonyl (C=O) groups excluding carboxylic acids is 3. The van der Waals surface area contributed by atoms with Gasteiger partial charge in [0, 0.05) is 19.3 Å². The standard InChI is InChI=1S/C9H13NO4.C2H6/c1-2-3-4-9(13)14-10-7(11)5-6-8(10)12;1-2/h2-6H2,1H3;1-2H3. The van der Waals surface area contributed by atoms with Gasteiger partial charge < -0.3 is 4.84 Å². The van der Waals surface area contributed by atoms with Gasteiger partial charge in [-0.15, -0.1) is 5.06 Å². The van der Waals surface area contributed by atoms with Crippen molar-refractivity contribution < 1.29 is 19.2 Å². The summed E-state index contributed by atoms with van der Waals surface area (Å²) in [6, 6.07) is 0. The minimum Gasteiger partial charge on any atom is -0.330 e. The summed E-state index contributed by atoms with van der Waals surface area (Å²) in [7, 11) is 0. The van der Waals surface area contributed by atoms with Crippen molar-refractivity contribution in [3.05, 3.63) is 0 Å². The monoisotopic (exact) mass is 229 g/mol. The van der Waals surface area contributed by atoms with Crippen LogP contribution in [-0.4, -0.2) is 22.8 Å². The van der Waals surface area contributed by atoms with E-state index in [9.17, 15) is 14.4 Å². The van der Waals surface area contributed by atoms with Gasteiger partial charge in [-0.05, 0) is 6.42 Å². The van der Waals surface area contributed by atoms with E-state index < -0.39 is 17.8 Å². The molecule has 1 heterocycles. The highest BCUT2D eigenvalue weighted by Gasteiger charge is 2.32. The number of hydrogen-bond acceptors (Lipinski definition) is 4. The maximum Gasteiger partial charge on any atom is 0.333 e. The molecule has 0 N–H and O–H groups in total. The highest BCUT2D eigenvalue weighted by molar-refractivity contribution is 6.01. The third-order valence-electron chi connectivity index (χ3n) is 1.93. The fourth-order valence-electron chi connectivity index (χ4n) is 1.13. The van der Waals surface area contributed by atoms with E-state index in [0.717, 1.165) is 6.42 Å². The van der Waals surface area contributed by atoms with Crippen molar-refractivity contribution in [3.63, 3.8) is 0 Å². The minimum atomic E-state index is -0.518. The van der Waals surface area contributed by atoms with Crippen LogP contribution in [0.5, 0.6) is 0 Å². The van der Waals surface area contributed by atoms with Gasteiger partial charge in [-0.3, -0.25) is 9.59 Å². The molecule has 0 atom stereocenters. The fourth-order valence-corrected chi connectivity index (χ4v) is 1.13. The van der Waals surface area contributed by atoms with Crippen LogP contribution in [-0.2, 0) is 19.2 Å². The zero-order chi connectivity index (χ0) is 12.6.